The third-order valence-corrected chi connectivity index (χ3v) is 6.81. The molecule has 4 N–H and O–H groups in total. The van der Waals surface area contributed by atoms with Crippen LogP contribution in [0.4, 0.5) is 5.69 Å². The van der Waals surface area contributed by atoms with Crippen LogP contribution in [0.2, 0.25) is 0 Å². The third kappa shape index (κ3) is 8.72. The van der Waals surface area contributed by atoms with E-state index in [0.29, 0.717) is 43.3 Å². The van der Waals surface area contributed by atoms with Gasteiger partial charge in [-0.1, -0.05) is 25.7 Å². The van der Waals surface area contributed by atoms with Crippen molar-refractivity contribution in [3.8, 4) is 5.75 Å². The normalized spacial score (nSPS) is 18.7. The lowest BCUT2D eigenvalue weighted by atomic mass is 10.0. The van der Waals surface area contributed by atoms with E-state index in [1.54, 1.807) is 29.2 Å². The third-order valence-electron chi connectivity index (χ3n) is 6.81. The highest BCUT2D eigenvalue weighted by Crippen LogP contribution is 2.28. The van der Waals surface area contributed by atoms with E-state index in [1.165, 1.54) is 25.7 Å². The largest absolute Gasteiger partial charge is 0.494 e. The predicted octanol–water partition coefficient (Wildman–Crippen LogP) is 3.31. The first kappa shape index (κ1) is 26.8. The molecule has 2 unspecified atom stereocenters. The second-order valence-corrected chi connectivity index (χ2v) is 9.44. The summed E-state index contributed by atoms with van der Waals surface area (Å²) in [6, 6.07) is 7.12. The Morgan fingerprint density at radius 2 is 1.86 bits per heavy atom. The van der Waals surface area contributed by atoms with Crippen molar-refractivity contribution < 1.29 is 24.2 Å². The Balaban J connectivity index is 1.61. The monoisotopic (exact) mass is 488 g/mol. The number of carbonyl (C=O) groups is 3. The van der Waals surface area contributed by atoms with Gasteiger partial charge >= 0.3 is 5.97 Å². The average molecular weight is 489 g/mol. The Morgan fingerprint density at radius 1 is 1.11 bits per heavy atom. The fourth-order valence-corrected chi connectivity index (χ4v) is 4.88. The minimum absolute atomic E-state index is 0.0197. The molecule has 9 heteroatoms. The number of anilines is 1. The maximum absolute atomic E-state index is 13.5. The van der Waals surface area contributed by atoms with E-state index in [0.717, 1.165) is 25.8 Å². The molecule has 1 heterocycles. The van der Waals surface area contributed by atoms with Crippen LogP contribution in [-0.2, 0) is 14.4 Å². The minimum Gasteiger partial charge on any atom is -0.494 e. The fourth-order valence-electron chi connectivity index (χ4n) is 4.88. The van der Waals surface area contributed by atoms with Crippen LogP contribution >= 0.6 is 0 Å². The van der Waals surface area contributed by atoms with Crippen molar-refractivity contribution in [2.24, 2.45) is 5.92 Å². The number of hydrogen-bond donors (Lipinski definition) is 4. The first-order valence-corrected chi connectivity index (χ1v) is 13.0. The van der Waals surface area contributed by atoms with Crippen LogP contribution in [0.15, 0.2) is 24.3 Å². The van der Waals surface area contributed by atoms with Crippen molar-refractivity contribution >= 4 is 23.5 Å². The summed E-state index contributed by atoms with van der Waals surface area (Å²) in [5.41, 5.74) is 0.688. The van der Waals surface area contributed by atoms with Gasteiger partial charge in [-0.05, 0) is 69.3 Å². The molecular formula is C26H40N4O5. The molecule has 1 aromatic rings. The predicted molar refractivity (Wildman–Crippen MR) is 134 cm³/mol. The van der Waals surface area contributed by atoms with Crippen molar-refractivity contribution in [2.75, 3.05) is 25.0 Å². The molecule has 2 amide bonds. The number of nitrogens with zero attached hydrogens (tertiary/aromatic N) is 1. The standard InChI is InChI=1S/C26H40N4O5/c1-2-30(22-9-5-17-27-22)26(34)25(29-23(31)16-11-19-7-3-4-8-19)28-20-12-14-21(15-13-20)35-18-6-10-24(32)33/h12-15,19,22,25,27-28H,2-11,16-18H2,1H3,(H,29,31)(H,32,33). The lowest BCUT2D eigenvalue weighted by molar-refractivity contribution is -0.138. The van der Waals surface area contributed by atoms with Crippen LogP contribution in [0.3, 0.4) is 0 Å². The van der Waals surface area contributed by atoms with Crippen molar-refractivity contribution in [2.45, 2.75) is 83.5 Å². The Bertz CT molecular complexity index is 820. The number of likely N-dealkylation sites (N-methyl/N-ethyl adjacent to an activating group) is 1. The highest BCUT2D eigenvalue weighted by Gasteiger charge is 2.31. The number of ether oxygens (including phenoxy) is 1. The van der Waals surface area contributed by atoms with Crippen molar-refractivity contribution in [3.05, 3.63) is 24.3 Å². The summed E-state index contributed by atoms with van der Waals surface area (Å²) in [5, 5.41) is 18.2. The van der Waals surface area contributed by atoms with Gasteiger partial charge in [-0.2, -0.15) is 0 Å². The van der Waals surface area contributed by atoms with Crippen LogP contribution < -0.4 is 20.7 Å². The number of carbonyl (C=O) groups excluding carboxylic acids is 2. The second kappa shape index (κ2) is 13.9. The number of rotatable bonds is 14. The highest BCUT2D eigenvalue weighted by molar-refractivity contribution is 5.89. The smallest absolute Gasteiger partial charge is 0.303 e. The molecule has 1 aliphatic carbocycles. The molecule has 0 aromatic heterocycles. The molecule has 2 aliphatic rings. The van der Waals surface area contributed by atoms with Gasteiger partial charge in [0.1, 0.15) is 5.75 Å². The van der Waals surface area contributed by atoms with Crippen molar-refractivity contribution in [1.29, 1.82) is 0 Å². The zero-order valence-electron chi connectivity index (χ0n) is 20.8. The highest BCUT2D eigenvalue weighted by atomic mass is 16.5. The van der Waals surface area contributed by atoms with Crippen molar-refractivity contribution in [1.82, 2.24) is 15.5 Å². The first-order chi connectivity index (χ1) is 17.0. The summed E-state index contributed by atoms with van der Waals surface area (Å²) in [4.78, 5) is 38.7. The zero-order valence-corrected chi connectivity index (χ0v) is 20.8. The maximum Gasteiger partial charge on any atom is 0.303 e. The van der Waals surface area contributed by atoms with Crippen LogP contribution in [0.25, 0.3) is 0 Å². The van der Waals surface area contributed by atoms with E-state index in [1.807, 2.05) is 6.92 Å². The van der Waals surface area contributed by atoms with Gasteiger partial charge in [0.2, 0.25) is 5.91 Å². The Kier molecular flexibility index (Phi) is 10.7. The molecule has 0 spiro atoms. The Labute approximate surface area is 208 Å². The second-order valence-electron chi connectivity index (χ2n) is 9.44. The van der Waals surface area contributed by atoms with Gasteiger partial charge in [-0.15, -0.1) is 0 Å². The summed E-state index contributed by atoms with van der Waals surface area (Å²) >= 11 is 0. The number of hydrogen-bond acceptors (Lipinski definition) is 6. The molecular weight excluding hydrogens is 448 g/mol. The topological polar surface area (TPSA) is 120 Å². The van der Waals surface area contributed by atoms with Crippen LogP contribution in [-0.4, -0.2) is 59.8 Å². The lowest BCUT2D eigenvalue weighted by Crippen LogP contribution is -2.57. The summed E-state index contributed by atoms with van der Waals surface area (Å²) in [5.74, 6) is 0.116. The van der Waals surface area contributed by atoms with Gasteiger partial charge in [0, 0.05) is 25.1 Å². The van der Waals surface area contributed by atoms with E-state index >= 15 is 0 Å². The van der Waals surface area contributed by atoms with E-state index in [4.69, 9.17) is 9.84 Å². The zero-order chi connectivity index (χ0) is 25.0. The molecule has 3 rings (SSSR count). The maximum atomic E-state index is 13.5. The number of nitrogens with one attached hydrogen (secondary N) is 3. The van der Waals surface area contributed by atoms with Gasteiger partial charge < -0.3 is 25.4 Å². The van der Waals surface area contributed by atoms with Gasteiger partial charge in [0.05, 0.1) is 12.8 Å². The van der Waals surface area contributed by atoms with E-state index in [-0.39, 0.29) is 24.4 Å². The number of aliphatic carboxylic acids is 1. The van der Waals surface area contributed by atoms with Gasteiger partial charge in [-0.3, -0.25) is 19.7 Å². The molecule has 35 heavy (non-hydrogen) atoms. The quantitative estimate of drug-likeness (QED) is 0.234. The number of carboxylic acid groups (broad SMARTS) is 1. The molecule has 1 aromatic carbocycles. The molecule has 0 radical (unpaired) electrons. The molecule has 2 atom stereocenters. The summed E-state index contributed by atoms with van der Waals surface area (Å²) < 4.78 is 5.59. The average Bonchev–Trinajstić information content (AvgIpc) is 3.56. The number of carboxylic acids is 1. The van der Waals surface area contributed by atoms with Crippen LogP contribution in [0.1, 0.15) is 71.1 Å². The number of amides is 2. The van der Waals surface area contributed by atoms with Gasteiger partial charge in [0.25, 0.3) is 5.91 Å². The molecule has 2 fully saturated rings. The van der Waals surface area contributed by atoms with Crippen LogP contribution in [0.5, 0.6) is 5.75 Å². The molecule has 9 nitrogen and oxygen atoms in total. The minimum atomic E-state index is -0.865. The Morgan fingerprint density at radius 3 is 2.49 bits per heavy atom. The van der Waals surface area contributed by atoms with E-state index < -0.39 is 12.1 Å². The van der Waals surface area contributed by atoms with E-state index in [2.05, 4.69) is 16.0 Å². The Hall–Kier alpha value is -2.81. The van der Waals surface area contributed by atoms with Crippen molar-refractivity contribution in [3.63, 3.8) is 0 Å². The molecule has 1 aliphatic heterocycles. The van der Waals surface area contributed by atoms with Gasteiger partial charge in [0.15, 0.2) is 6.17 Å². The SMILES string of the molecule is CCN(C(=O)C(NC(=O)CCC1CCCC1)Nc1ccc(OCCCC(=O)O)cc1)C1CCCN1. The number of benzene rings is 1. The summed E-state index contributed by atoms with van der Waals surface area (Å²) in [6.07, 6.45) is 7.69. The molecule has 1 saturated carbocycles. The first-order valence-electron chi connectivity index (χ1n) is 13.0. The van der Waals surface area contributed by atoms with Gasteiger partial charge in [-0.25, -0.2) is 0 Å². The summed E-state index contributed by atoms with van der Waals surface area (Å²) in [6.45, 7) is 3.70. The molecule has 194 valence electrons. The summed E-state index contributed by atoms with van der Waals surface area (Å²) in [7, 11) is 0. The molecule has 1 saturated heterocycles. The van der Waals surface area contributed by atoms with E-state index in [9.17, 15) is 14.4 Å². The molecule has 0 bridgehead atoms. The fraction of sp³-hybridized carbons (Fsp3) is 0.654. The lowest BCUT2D eigenvalue weighted by Gasteiger charge is -2.32. The van der Waals surface area contributed by atoms with Crippen LogP contribution in [0, 0.1) is 5.92 Å².